The number of carbonyl (C=O) groups excluding carboxylic acids is 1. The molecular weight excluding hydrogens is 242 g/mol. The molecule has 0 aromatic heterocycles. The molecule has 0 radical (unpaired) electrons. The van der Waals surface area contributed by atoms with Crippen LogP contribution in [0, 0.1) is 23.7 Å². The lowest BCUT2D eigenvalue weighted by atomic mass is 10.0. The molecule has 19 heavy (non-hydrogen) atoms. The quantitative estimate of drug-likeness (QED) is 0.759. The van der Waals surface area contributed by atoms with E-state index in [1.54, 1.807) is 0 Å². The highest BCUT2D eigenvalue weighted by atomic mass is 16.3. The predicted octanol–water partition coefficient (Wildman–Crippen LogP) is 1.87. The van der Waals surface area contributed by atoms with Crippen molar-refractivity contribution in [2.45, 2.75) is 25.3 Å². The van der Waals surface area contributed by atoms with Crippen molar-refractivity contribution >= 4 is 5.91 Å². The number of phenols is 2. The molecule has 0 saturated heterocycles. The van der Waals surface area contributed by atoms with Crippen LogP contribution >= 0.6 is 0 Å². The van der Waals surface area contributed by atoms with E-state index >= 15 is 0 Å². The zero-order valence-corrected chi connectivity index (χ0v) is 10.5. The van der Waals surface area contributed by atoms with Crippen molar-refractivity contribution in [2.24, 2.45) is 23.7 Å². The third-order valence-electron chi connectivity index (χ3n) is 5.26. The minimum atomic E-state index is -0.226. The van der Waals surface area contributed by atoms with Gasteiger partial charge in [0.25, 0.3) is 5.91 Å². The number of nitrogens with one attached hydrogen (secondary N) is 1. The van der Waals surface area contributed by atoms with Crippen LogP contribution in [-0.2, 0) is 0 Å². The Morgan fingerprint density at radius 2 is 1.84 bits per heavy atom. The van der Waals surface area contributed by atoms with Crippen LogP contribution in [0.15, 0.2) is 18.2 Å². The SMILES string of the molecule is O=C(NC1C2C3CCC(C3)C12)c1ccc(O)cc1O. The number of benzene rings is 1. The maximum Gasteiger partial charge on any atom is 0.255 e. The third kappa shape index (κ3) is 1.55. The topological polar surface area (TPSA) is 69.6 Å². The Hall–Kier alpha value is -1.71. The average molecular weight is 259 g/mol. The van der Waals surface area contributed by atoms with Crippen LogP contribution in [0.5, 0.6) is 11.5 Å². The van der Waals surface area contributed by atoms with Crippen LogP contribution in [-0.4, -0.2) is 22.2 Å². The van der Waals surface area contributed by atoms with Gasteiger partial charge in [0.1, 0.15) is 11.5 Å². The van der Waals surface area contributed by atoms with Gasteiger partial charge in [-0.1, -0.05) is 0 Å². The van der Waals surface area contributed by atoms with Gasteiger partial charge < -0.3 is 15.5 Å². The van der Waals surface area contributed by atoms with E-state index in [0.29, 0.717) is 17.9 Å². The summed E-state index contributed by atoms with van der Waals surface area (Å²) in [5.74, 6) is 2.57. The van der Waals surface area contributed by atoms with E-state index in [9.17, 15) is 15.0 Å². The van der Waals surface area contributed by atoms with Crippen LogP contribution in [0.25, 0.3) is 0 Å². The molecule has 4 unspecified atom stereocenters. The van der Waals surface area contributed by atoms with Crippen molar-refractivity contribution in [2.75, 3.05) is 0 Å². The minimum Gasteiger partial charge on any atom is -0.508 e. The molecule has 3 aliphatic rings. The molecule has 0 heterocycles. The molecule has 1 amide bonds. The molecule has 1 aromatic carbocycles. The van der Waals surface area contributed by atoms with Crippen molar-refractivity contribution in [3.8, 4) is 11.5 Å². The summed E-state index contributed by atoms with van der Waals surface area (Å²) in [5.41, 5.74) is 0.245. The number of aromatic hydroxyl groups is 2. The fourth-order valence-corrected chi connectivity index (χ4v) is 4.46. The number of fused-ring (bicyclic) bond motifs is 5. The van der Waals surface area contributed by atoms with Crippen molar-refractivity contribution in [1.82, 2.24) is 5.32 Å². The van der Waals surface area contributed by atoms with E-state index < -0.39 is 0 Å². The van der Waals surface area contributed by atoms with Crippen molar-refractivity contribution < 1.29 is 15.0 Å². The van der Waals surface area contributed by atoms with E-state index in [-0.39, 0.29) is 23.0 Å². The average Bonchev–Trinajstić information content (AvgIpc) is 2.78. The summed E-state index contributed by atoms with van der Waals surface area (Å²) in [5, 5.41) is 22.0. The molecular formula is C15H17NO3. The van der Waals surface area contributed by atoms with E-state index in [1.807, 2.05) is 0 Å². The molecule has 100 valence electrons. The predicted molar refractivity (Wildman–Crippen MR) is 68.8 cm³/mol. The van der Waals surface area contributed by atoms with Crippen molar-refractivity contribution in [3.05, 3.63) is 23.8 Å². The summed E-state index contributed by atoms with van der Waals surface area (Å²) < 4.78 is 0. The Kier molecular flexibility index (Phi) is 2.14. The van der Waals surface area contributed by atoms with E-state index in [2.05, 4.69) is 5.32 Å². The second kappa shape index (κ2) is 3.65. The second-order valence-corrected chi connectivity index (χ2v) is 6.19. The van der Waals surface area contributed by atoms with Gasteiger partial charge in [-0.15, -0.1) is 0 Å². The molecule has 0 spiro atoms. The summed E-state index contributed by atoms with van der Waals surface area (Å²) in [6.07, 6.45) is 4.00. The van der Waals surface area contributed by atoms with Crippen molar-refractivity contribution in [3.63, 3.8) is 0 Å². The molecule has 3 saturated carbocycles. The van der Waals surface area contributed by atoms with Gasteiger partial charge in [-0.2, -0.15) is 0 Å². The van der Waals surface area contributed by atoms with Gasteiger partial charge in [0, 0.05) is 12.1 Å². The van der Waals surface area contributed by atoms with Crippen LogP contribution in [0.4, 0.5) is 0 Å². The number of rotatable bonds is 2. The van der Waals surface area contributed by atoms with Gasteiger partial charge in [0.05, 0.1) is 5.56 Å². The first-order chi connectivity index (χ1) is 9.15. The number of phenolic OH excluding ortho intramolecular Hbond substituents is 2. The maximum atomic E-state index is 12.1. The fraction of sp³-hybridized carbons (Fsp3) is 0.533. The van der Waals surface area contributed by atoms with Crippen LogP contribution < -0.4 is 5.32 Å². The maximum absolute atomic E-state index is 12.1. The molecule has 4 heteroatoms. The van der Waals surface area contributed by atoms with Gasteiger partial charge in [0.15, 0.2) is 0 Å². The molecule has 4 nitrogen and oxygen atoms in total. The van der Waals surface area contributed by atoms with Gasteiger partial charge in [0.2, 0.25) is 0 Å². The van der Waals surface area contributed by atoms with Gasteiger partial charge in [-0.3, -0.25) is 4.79 Å². The van der Waals surface area contributed by atoms with Gasteiger partial charge in [-0.05, 0) is 55.1 Å². The van der Waals surface area contributed by atoms with Crippen LogP contribution in [0.2, 0.25) is 0 Å². The minimum absolute atomic E-state index is 0.0321. The second-order valence-electron chi connectivity index (χ2n) is 6.19. The zero-order valence-electron chi connectivity index (χ0n) is 10.5. The van der Waals surface area contributed by atoms with Crippen molar-refractivity contribution in [1.29, 1.82) is 0 Å². The van der Waals surface area contributed by atoms with E-state index in [1.165, 1.54) is 37.5 Å². The summed E-state index contributed by atoms with van der Waals surface area (Å²) in [6.45, 7) is 0. The Balaban J connectivity index is 1.48. The highest BCUT2D eigenvalue weighted by Crippen LogP contribution is 2.65. The largest absolute Gasteiger partial charge is 0.508 e. The third-order valence-corrected chi connectivity index (χ3v) is 5.26. The normalized spacial score (nSPS) is 38.0. The van der Waals surface area contributed by atoms with Crippen LogP contribution in [0.3, 0.4) is 0 Å². The first-order valence-electron chi connectivity index (χ1n) is 6.98. The summed E-state index contributed by atoms with van der Waals surface area (Å²) in [6, 6.07) is 4.40. The Morgan fingerprint density at radius 3 is 2.47 bits per heavy atom. The molecule has 4 atom stereocenters. The highest BCUT2D eigenvalue weighted by Gasteiger charge is 2.65. The van der Waals surface area contributed by atoms with Crippen LogP contribution in [0.1, 0.15) is 29.6 Å². The molecule has 1 aromatic rings. The molecule has 2 bridgehead atoms. The standard InChI is InChI=1S/C15H17NO3/c17-9-3-4-10(11(18)6-9)15(19)16-14-12-7-1-2-8(5-7)13(12)14/h3-4,6-8,12-14,17-18H,1-2,5H2,(H,16,19). The first kappa shape index (κ1) is 11.1. The Bertz CT molecular complexity index is 540. The van der Waals surface area contributed by atoms with Gasteiger partial charge >= 0.3 is 0 Å². The lowest BCUT2D eigenvalue weighted by molar-refractivity contribution is 0.0941. The molecule has 4 rings (SSSR count). The fourth-order valence-electron chi connectivity index (χ4n) is 4.46. The molecule has 3 N–H and O–H groups in total. The van der Waals surface area contributed by atoms with Gasteiger partial charge in [-0.25, -0.2) is 0 Å². The smallest absolute Gasteiger partial charge is 0.255 e. The number of hydrogen-bond donors (Lipinski definition) is 3. The lowest BCUT2D eigenvalue weighted by Gasteiger charge is -2.11. The summed E-state index contributed by atoms with van der Waals surface area (Å²) in [7, 11) is 0. The molecule has 3 fully saturated rings. The number of hydrogen-bond acceptors (Lipinski definition) is 3. The number of amides is 1. The zero-order chi connectivity index (χ0) is 13.1. The molecule has 3 aliphatic carbocycles. The lowest BCUT2D eigenvalue weighted by Crippen LogP contribution is -2.29. The summed E-state index contributed by atoms with van der Waals surface area (Å²) >= 11 is 0. The monoisotopic (exact) mass is 259 g/mol. The van der Waals surface area contributed by atoms with E-state index in [4.69, 9.17) is 0 Å². The van der Waals surface area contributed by atoms with E-state index in [0.717, 1.165) is 11.8 Å². The first-order valence-corrected chi connectivity index (χ1v) is 6.98. The Morgan fingerprint density at radius 1 is 1.16 bits per heavy atom. The summed E-state index contributed by atoms with van der Waals surface area (Å²) in [4.78, 5) is 12.1. The highest BCUT2D eigenvalue weighted by molar-refractivity contribution is 5.97. The molecule has 0 aliphatic heterocycles. The number of carbonyl (C=O) groups is 1. The Labute approximate surface area is 111 Å².